The predicted octanol–water partition coefficient (Wildman–Crippen LogP) is 1.72. The Balaban J connectivity index is 1.94. The van der Waals surface area contributed by atoms with Gasteiger partial charge >= 0.3 is 0 Å². The minimum Gasteiger partial charge on any atom is -0.378 e. The number of rotatable bonds is 5. The van der Waals surface area contributed by atoms with Gasteiger partial charge < -0.3 is 10.1 Å². The number of ether oxygens (including phenoxy) is 1. The molecule has 0 aromatic rings. The van der Waals surface area contributed by atoms with E-state index < -0.39 is 0 Å². The maximum atomic E-state index is 5.46. The largest absolute Gasteiger partial charge is 0.378 e. The van der Waals surface area contributed by atoms with Crippen LogP contribution in [0.25, 0.3) is 0 Å². The van der Waals surface area contributed by atoms with E-state index in [4.69, 9.17) is 4.74 Å². The average molecular weight is 169 g/mol. The Labute approximate surface area is 75.0 Å². The van der Waals surface area contributed by atoms with Gasteiger partial charge in [-0.25, -0.2) is 0 Å². The van der Waals surface area contributed by atoms with E-state index in [1.54, 1.807) is 0 Å². The van der Waals surface area contributed by atoms with Crippen molar-refractivity contribution in [3.05, 3.63) is 12.2 Å². The molecule has 0 unspecified atom stereocenters. The predicted molar refractivity (Wildman–Crippen MR) is 51.3 cm³/mol. The minimum absolute atomic E-state index is 0.526. The molecule has 0 spiro atoms. The van der Waals surface area contributed by atoms with Gasteiger partial charge in [0.15, 0.2) is 0 Å². The Morgan fingerprint density at radius 3 is 2.83 bits per heavy atom. The number of nitrogens with one attached hydrogen (secondary N) is 1. The molecule has 1 rings (SSSR count). The zero-order valence-corrected chi connectivity index (χ0v) is 8.05. The number of hydrogen-bond donors (Lipinski definition) is 1. The summed E-state index contributed by atoms with van der Waals surface area (Å²) >= 11 is 0. The lowest BCUT2D eigenvalue weighted by Crippen LogP contribution is -2.45. The zero-order valence-electron chi connectivity index (χ0n) is 8.05. The van der Waals surface area contributed by atoms with Crippen LogP contribution in [0.4, 0.5) is 0 Å². The molecule has 1 N–H and O–H groups in total. The molecule has 1 fully saturated rings. The Hall–Kier alpha value is -0.340. The molecule has 1 saturated carbocycles. The fraction of sp³-hybridized carbons (Fsp3) is 0.800. The first kappa shape index (κ1) is 9.75. The van der Waals surface area contributed by atoms with E-state index in [-0.39, 0.29) is 0 Å². The molecule has 0 bridgehead atoms. The van der Waals surface area contributed by atoms with Gasteiger partial charge in [-0.2, -0.15) is 0 Å². The van der Waals surface area contributed by atoms with Crippen molar-refractivity contribution in [2.45, 2.75) is 38.8 Å². The van der Waals surface area contributed by atoms with Gasteiger partial charge in [0.05, 0.1) is 6.10 Å². The summed E-state index contributed by atoms with van der Waals surface area (Å²) in [5.41, 5.74) is 0. The lowest BCUT2D eigenvalue weighted by Gasteiger charge is -2.35. The molecule has 0 aromatic heterocycles. The molecule has 0 atom stereocenters. The maximum Gasteiger partial charge on any atom is 0.0604 e. The van der Waals surface area contributed by atoms with Crippen LogP contribution in [-0.4, -0.2) is 25.3 Å². The molecule has 1 aliphatic carbocycles. The normalized spacial score (nSPS) is 29.2. The third-order valence-electron chi connectivity index (χ3n) is 2.26. The van der Waals surface area contributed by atoms with E-state index in [0.717, 1.165) is 13.2 Å². The Morgan fingerprint density at radius 1 is 1.50 bits per heavy atom. The first-order valence-corrected chi connectivity index (χ1v) is 4.83. The molecule has 0 radical (unpaired) electrons. The second-order valence-corrected chi connectivity index (χ2v) is 3.22. The number of allylic oxidation sites excluding steroid dienone is 1. The van der Waals surface area contributed by atoms with Gasteiger partial charge in [-0.05, 0) is 26.7 Å². The van der Waals surface area contributed by atoms with Gasteiger partial charge in [0.25, 0.3) is 0 Å². The second kappa shape index (κ2) is 5.33. The average Bonchev–Trinajstić information content (AvgIpc) is 2.00. The van der Waals surface area contributed by atoms with E-state index in [0.29, 0.717) is 12.1 Å². The fourth-order valence-corrected chi connectivity index (χ4v) is 1.46. The van der Waals surface area contributed by atoms with Crippen LogP contribution in [-0.2, 0) is 4.74 Å². The summed E-state index contributed by atoms with van der Waals surface area (Å²) < 4.78 is 5.46. The first-order chi connectivity index (χ1) is 5.86. The summed E-state index contributed by atoms with van der Waals surface area (Å²) in [6, 6.07) is 0.692. The standard InChI is InChI=1S/C10H19NO/c1-3-5-6-11-9-7-10(8-9)12-4-2/h3,5,9-11H,4,6-8H2,1-2H3/b5-3+. The molecule has 1 aliphatic rings. The zero-order chi connectivity index (χ0) is 8.81. The van der Waals surface area contributed by atoms with E-state index >= 15 is 0 Å². The molecule has 12 heavy (non-hydrogen) atoms. The summed E-state index contributed by atoms with van der Waals surface area (Å²) in [6.45, 7) is 5.96. The minimum atomic E-state index is 0.526. The topological polar surface area (TPSA) is 21.3 Å². The van der Waals surface area contributed by atoms with Gasteiger partial charge in [-0.3, -0.25) is 0 Å². The first-order valence-electron chi connectivity index (χ1n) is 4.83. The van der Waals surface area contributed by atoms with E-state index in [2.05, 4.69) is 24.4 Å². The molecule has 2 heteroatoms. The van der Waals surface area contributed by atoms with Crippen LogP contribution in [0.15, 0.2) is 12.2 Å². The van der Waals surface area contributed by atoms with Crippen LogP contribution in [0.1, 0.15) is 26.7 Å². The van der Waals surface area contributed by atoms with Crippen molar-refractivity contribution in [1.29, 1.82) is 0 Å². The Morgan fingerprint density at radius 2 is 2.25 bits per heavy atom. The van der Waals surface area contributed by atoms with Crippen molar-refractivity contribution >= 4 is 0 Å². The Kier molecular flexibility index (Phi) is 4.33. The molecule has 0 heterocycles. The fourth-order valence-electron chi connectivity index (χ4n) is 1.46. The lowest BCUT2D eigenvalue weighted by atomic mass is 9.89. The van der Waals surface area contributed by atoms with Crippen molar-refractivity contribution in [2.24, 2.45) is 0 Å². The van der Waals surface area contributed by atoms with Crippen molar-refractivity contribution in [2.75, 3.05) is 13.2 Å². The van der Waals surface area contributed by atoms with E-state index in [1.165, 1.54) is 12.8 Å². The van der Waals surface area contributed by atoms with E-state index in [1.807, 2.05) is 6.92 Å². The molecule has 70 valence electrons. The second-order valence-electron chi connectivity index (χ2n) is 3.22. The highest BCUT2D eigenvalue weighted by Gasteiger charge is 2.28. The third kappa shape index (κ3) is 2.95. The van der Waals surface area contributed by atoms with Crippen LogP contribution in [0.5, 0.6) is 0 Å². The summed E-state index contributed by atoms with van der Waals surface area (Å²) in [5.74, 6) is 0. The highest BCUT2D eigenvalue weighted by atomic mass is 16.5. The summed E-state index contributed by atoms with van der Waals surface area (Å²) in [5, 5.41) is 3.44. The third-order valence-corrected chi connectivity index (χ3v) is 2.26. The molecule has 2 nitrogen and oxygen atoms in total. The van der Waals surface area contributed by atoms with Crippen LogP contribution in [0, 0.1) is 0 Å². The van der Waals surface area contributed by atoms with E-state index in [9.17, 15) is 0 Å². The number of hydrogen-bond acceptors (Lipinski definition) is 2. The quantitative estimate of drug-likeness (QED) is 0.633. The Bertz CT molecular complexity index is 139. The highest BCUT2D eigenvalue weighted by molar-refractivity contribution is 4.89. The van der Waals surface area contributed by atoms with Crippen molar-refractivity contribution in [1.82, 2.24) is 5.32 Å². The molecule has 0 aliphatic heterocycles. The summed E-state index contributed by atoms with van der Waals surface area (Å²) in [6.07, 6.45) is 7.12. The molecule has 0 saturated heterocycles. The van der Waals surface area contributed by atoms with Crippen LogP contribution >= 0.6 is 0 Å². The highest BCUT2D eigenvalue weighted by Crippen LogP contribution is 2.22. The van der Waals surface area contributed by atoms with Crippen molar-refractivity contribution < 1.29 is 4.74 Å². The summed E-state index contributed by atoms with van der Waals surface area (Å²) in [4.78, 5) is 0. The van der Waals surface area contributed by atoms with Crippen LogP contribution < -0.4 is 5.32 Å². The monoisotopic (exact) mass is 169 g/mol. The summed E-state index contributed by atoms with van der Waals surface area (Å²) in [7, 11) is 0. The molecular weight excluding hydrogens is 150 g/mol. The SMILES string of the molecule is C/C=C/CNC1CC(OCC)C1. The maximum absolute atomic E-state index is 5.46. The van der Waals surface area contributed by atoms with Crippen LogP contribution in [0.2, 0.25) is 0 Å². The molecule has 0 amide bonds. The smallest absolute Gasteiger partial charge is 0.0604 e. The van der Waals surface area contributed by atoms with Gasteiger partial charge in [0.2, 0.25) is 0 Å². The van der Waals surface area contributed by atoms with Gasteiger partial charge in [0, 0.05) is 19.2 Å². The van der Waals surface area contributed by atoms with Gasteiger partial charge in [-0.1, -0.05) is 12.2 Å². The van der Waals surface area contributed by atoms with Crippen LogP contribution in [0.3, 0.4) is 0 Å². The molecule has 0 aromatic carbocycles. The van der Waals surface area contributed by atoms with Crippen molar-refractivity contribution in [3.8, 4) is 0 Å². The van der Waals surface area contributed by atoms with Gasteiger partial charge in [0.1, 0.15) is 0 Å². The molecular formula is C10H19NO. The van der Waals surface area contributed by atoms with Crippen molar-refractivity contribution in [3.63, 3.8) is 0 Å². The van der Waals surface area contributed by atoms with Gasteiger partial charge in [-0.15, -0.1) is 0 Å². The lowest BCUT2D eigenvalue weighted by molar-refractivity contribution is -0.00898.